The molecule has 0 spiro atoms. The fourth-order valence-electron chi connectivity index (χ4n) is 3.25. The van der Waals surface area contributed by atoms with Gasteiger partial charge in [0, 0.05) is 37.2 Å². The lowest BCUT2D eigenvalue weighted by Crippen LogP contribution is -2.38. The van der Waals surface area contributed by atoms with Crippen LogP contribution in [0.3, 0.4) is 0 Å². The van der Waals surface area contributed by atoms with Gasteiger partial charge in [0.2, 0.25) is 18.2 Å². The number of amides is 5. The Morgan fingerprint density at radius 1 is 1.00 bits per heavy atom. The molecule has 0 radical (unpaired) electrons. The Morgan fingerprint density at radius 2 is 1.68 bits per heavy atom. The number of anilines is 1. The molecular formula is C23H28N4O7. The van der Waals surface area contributed by atoms with E-state index in [1.165, 1.54) is 19.3 Å². The van der Waals surface area contributed by atoms with Crippen molar-refractivity contribution >= 4 is 41.7 Å². The number of rotatable bonds is 14. The first-order valence-corrected chi connectivity index (χ1v) is 10.8. The number of imide groups is 1. The Morgan fingerprint density at radius 3 is 2.29 bits per heavy atom. The fourth-order valence-corrected chi connectivity index (χ4v) is 3.25. The molecule has 11 heteroatoms. The maximum Gasteiger partial charge on any atom is 0.328 e. The highest BCUT2D eigenvalue weighted by atomic mass is 16.5. The number of nitrogens with zero attached hydrogens (tertiary/aromatic N) is 1. The first-order valence-electron chi connectivity index (χ1n) is 10.8. The Kier molecular flexibility index (Phi) is 10.4. The predicted molar refractivity (Wildman–Crippen MR) is 121 cm³/mol. The van der Waals surface area contributed by atoms with Gasteiger partial charge in [0.05, 0.1) is 13.7 Å². The third-order valence-electron chi connectivity index (χ3n) is 5.06. The van der Waals surface area contributed by atoms with Crippen LogP contribution < -0.4 is 16.0 Å². The van der Waals surface area contributed by atoms with Gasteiger partial charge in [-0.05, 0) is 30.5 Å². The molecule has 1 unspecified atom stereocenters. The van der Waals surface area contributed by atoms with Crippen molar-refractivity contribution in [2.45, 2.75) is 38.1 Å². The van der Waals surface area contributed by atoms with E-state index < -0.39 is 17.9 Å². The van der Waals surface area contributed by atoms with Crippen LogP contribution in [0.5, 0.6) is 0 Å². The van der Waals surface area contributed by atoms with E-state index in [2.05, 4.69) is 20.7 Å². The molecule has 1 aliphatic rings. The molecule has 1 atom stereocenters. The van der Waals surface area contributed by atoms with Crippen molar-refractivity contribution in [3.05, 3.63) is 42.0 Å². The Bertz CT molecular complexity index is 925. The topological polar surface area (TPSA) is 151 Å². The molecule has 1 aromatic carbocycles. The van der Waals surface area contributed by atoms with Crippen molar-refractivity contribution in [2.75, 3.05) is 25.5 Å². The van der Waals surface area contributed by atoms with Gasteiger partial charge in [0.15, 0.2) is 0 Å². The summed E-state index contributed by atoms with van der Waals surface area (Å²) in [6.45, 7) is 0.140. The largest absolute Gasteiger partial charge is 0.467 e. The van der Waals surface area contributed by atoms with Crippen molar-refractivity contribution in [3.8, 4) is 0 Å². The van der Waals surface area contributed by atoms with Gasteiger partial charge in [0.25, 0.3) is 11.8 Å². The minimum Gasteiger partial charge on any atom is -0.467 e. The standard InChI is InChI=1S/C23H28N4O7/c1-34-23(33)18(25-15-28)13-16-6-8-17(9-7-16)26-20(30)14-24-19(29)5-3-2-4-12-27-21(31)10-11-22(27)32/h6-11,15,18H,2-5,12-14H2,1H3,(H,24,29)(H,25,28)(H,26,30). The van der Waals surface area contributed by atoms with E-state index in [0.717, 1.165) is 10.5 Å². The van der Waals surface area contributed by atoms with Gasteiger partial charge in [-0.25, -0.2) is 4.79 Å². The zero-order chi connectivity index (χ0) is 24.9. The van der Waals surface area contributed by atoms with Gasteiger partial charge in [-0.3, -0.25) is 28.9 Å². The van der Waals surface area contributed by atoms with Crippen LogP contribution in [0.15, 0.2) is 36.4 Å². The second kappa shape index (κ2) is 13.5. The van der Waals surface area contributed by atoms with Crippen LogP contribution >= 0.6 is 0 Å². The molecule has 2 rings (SSSR count). The quantitative estimate of drug-likeness (QED) is 0.150. The molecule has 1 aromatic rings. The van der Waals surface area contributed by atoms with E-state index in [1.54, 1.807) is 24.3 Å². The van der Waals surface area contributed by atoms with E-state index in [1.807, 2.05) is 0 Å². The summed E-state index contributed by atoms with van der Waals surface area (Å²) < 4.78 is 4.64. The maximum absolute atomic E-state index is 12.1. The summed E-state index contributed by atoms with van der Waals surface area (Å²) in [6, 6.07) is 5.90. The van der Waals surface area contributed by atoms with Crippen LogP contribution in [0.4, 0.5) is 5.69 Å². The molecule has 1 heterocycles. The van der Waals surface area contributed by atoms with E-state index in [-0.39, 0.29) is 37.1 Å². The number of esters is 1. The van der Waals surface area contributed by atoms with Crippen LogP contribution in [-0.2, 0) is 39.9 Å². The van der Waals surface area contributed by atoms with Gasteiger partial charge in [0.1, 0.15) is 6.04 Å². The first kappa shape index (κ1) is 26.2. The summed E-state index contributed by atoms with van der Waals surface area (Å²) in [5.41, 5.74) is 1.27. The van der Waals surface area contributed by atoms with E-state index in [9.17, 15) is 28.8 Å². The van der Waals surface area contributed by atoms with Gasteiger partial charge in [-0.1, -0.05) is 18.6 Å². The normalized spacial score (nSPS) is 13.4. The number of methoxy groups -OCH3 is 1. The van der Waals surface area contributed by atoms with Crippen molar-refractivity contribution in [1.82, 2.24) is 15.5 Å². The molecule has 0 aliphatic carbocycles. The van der Waals surface area contributed by atoms with Crippen molar-refractivity contribution in [2.24, 2.45) is 0 Å². The van der Waals surface area contributed by atoms with Crippen LogP contribution in [0.25, 0.3) is 0 Å². The molecule has 11 nitrogen and oxygen atoms in total. The summed E-state index contributed by atoms with van der Waals surface area (Å²) in [7, 11) is 1.24. The van der Waals surface area contributed by atoms with Crippen LogP contribution in [0.2, 0.25) is 0 Å². The minimum atomic E-state index is -0.805. The fraction of sp³-hybridized carbons (Fsp3) is 0.391. The van der Waals surface area contributed by atoms with Gasteiger partial charge in [-0.15, -0.1) is 0 Å². The number of ether oxygens (including phenoxy) is 1. The molecular weight excluding hydrogens is 444 g/mol. The summed E-state index contributed by atoms with van der Waals surface area (Å²) in [5.74, 6) is -1.85. The second-order valence-corrected chi connectivity index (χ2v) is 7.56. The summed E-state index contributed by atoms with van der Waals surface area (Å²) >= 11 is 0. The molecule has 3 N–H and O–H groups in total. The van der Waals surface area contributed by atoms with Gasteiger partial charge >= 0.3 is 5.97 Å². The first-order chi connectivity index (χ1) is 16.3. The lowest BCUT2D eigenvalue weighted by atomic mass is 10.1. The summed E-state index contributed by atoms with van der Waals surface area (Å²) in [6.07, 6.45) is 5.23. The SMILES string of the molecule is COC(=O)C(Cc1ccc(NC(=O)CNC(=O)CCCCCN2C(=O)C=CC2=O)cc1)NC=O. The molecule has 0 bridgehead atoms. The summed E-state index contributed by atoms with van der Waals surface area (Å²) in [4.78, 5) is 70.3. The van der Waals surface area contributed by atoms with Crippen LogP contribution in [0, 0.1) is 0 Å². The number of carbonyl (C=O) groups is 6. The third-order valence-corrected chi connectivity index (χ3v) is 5.06. The molecule has 182 valence electrons. The highest BCUT2D eigenvalue weighted by molar-refractivity contribution is 6.12. The molecule has 1 aliphatic heterocycles. The molecule has 0 fully saturated rings. The van der Waals surface area contributed by atoms with Gasteiger partial charge < -0.3 is 20.7 Å². The number of hydrogen-bond acceptors (Lipinski definition) is 7. The number of carbonyl (C=O) groups excluding carboxylic acids is 6. The lowest BCUT2D eigenvalue weighted by Gasteiger charge is -2.14. The van der Waals surface area contributed by atoms with E-state index >= 15 is 0 Å². The zero-order valence-corrected chi connectivity index (χ0v) is 18.9. The molecule has 34 heavy (non-hydrogen) atoms. The Labute approximate surface area is 196 Å². The average Bonchev–Trinajstić information content (AvgIpc) is 3.15. The molecule has 0 saturated carbocycles. The molecule has 5 amide bonds. The number of unbranched alkanes of at least 4 members (excludes halogenated alkanes) is 2. The lowest BCUT2D eigenvalue weighted by molar-refractivity contribution is -0.144. The van der Waals surface area contributed by atoms with Crippen molar-refractivity contribution < 1.29 is 33.5 Å². The zero-order valence-electron chi connectivity index (χ0n) is 18.9. The van der Waals surface area contributed by atoms with Crippen molar-refractivity contribution in [1.29, 1.82) is 0 Å². The smallest absolute Gasteiger partial charge is 0.328 e. The number of hydrogen-bond donors (Lipinski definition) is 3. The van der Waals surface area contributed by atoms with Crippen LogP contribution in [-0.4, -0.2) is 67.1 Å². The van der Waals surface area contributed by atoms with Crippen molar-refractivity contribution in [3.63, 3.8) is 0 Å². The minimum absolute atomic E-state index is 0.184. The highest BCUT2D eigenvalue weighted by Crippen LogP contribution is 2.12. The maximum atomic E-state index is 12.1. The monoisotopic (exact) mass is 472 g/mol. The number of nitrogens with one attached hydrogen (secondary N) is 3. The van der Waals surface area contributed by atoms with E-state index in [0.29, 0.717) is 37.9 Å². The Hall–Kier alpha value is -4.02. The molecule has 0 saturated heterocycles. The Balaban J connectivity index is 1.64. The third kappa shape index (κ3) is 8.49. The predicted octanol–water partition coefficient (Wildman–Crippen LogP) is 0.0568. The van der Waals surface area contributed by atoms with E-state index in [4.69, 9.17) is 0 Å². The number of benzene rings is 1. The van der Waals surface area contributed by atoms with Crippen LogP contribution in [0.1, 0.15) is 31.2 Å². The average molecular weight is 472 g/mol. The molecule has 0 aromatic heterocycles. The highest BCUT2D eigenvalue weighted by Gasteiger charge is 2.22. The van der Waals surface area contributed by atoms with Gasteiger partial charge in [-0.2, -0.15) is 0 Å². The summed E-state index contributed by atoms with van der Waals surface area (Å²) in [5, 5.41) is 7.60. The second-order valence-electron chi connectivity index (χ2n) is 7.56.